The van der Waals surface area contributed by atoms with Gasteiger partial charge in [0.25, 0.3) is 0 Å². The van der Waals surface area contributed by atoms with Gasteiger partial charge in [-0.1, -0.05) is 36.8 Å². The third kappa shape index (κ3) is 3.89. The number of hydrogen-bond donors (Lipinski definition) is 0. The van der Waals surface area contributed by atoms with Gasteiger partial charge in [-0.3, -0.25) is 9.78 Å². The molecule has 2 aromatic carbocycles. The van der Waals surface area contributed by atoms with Crippen LogP contribution in [0.1, 0.15) is 18.9 Å². The molecule has 38 heavy (non-hydrogen) atoms. The summed E-state index contributed by atoms with van der Waals surface area (Å²) in [6, 6.07) is 7.80. The summed E-state index contributed by atoms with van der Waals surface area (Å²) < 4.78 is 36.1. The maximum atomic E-state index is 16.2. The largest absolute Gasteiger partial charge is 0.467 e. The van der Waals surface area contributed by atoms with Gasteiger partial charge in [0.2, 0.25) is 5.91 Å². The number of carbonyl (C=O) groups is 1. The molecule has 9 heteroatoms. The highest BCUT2D eigenvalue weighted by atomic mass is 19.1. The Morgan fingerprint density at radius 1 is 1.29 bits per heavy atom. The summed E-state index contributed by atoms with van der Waals surface area (Å²) in [6.07, 6.45) is 9.10. The van der Waals surface area contributed by atoms with E-state index in [0.717, 1.165) is 0 Å². The van der Waals surface area contributed by atoms with Crippen LogP contribution in [-0.2, 0) is 4.79 Å². The first kappa shape index (κ1) is 25.1. The number of fused-ring (bicyclic) bond motifs is 2. The van der Waals surface area contributed by atoms with Gasteiger partial charge in [0.1, 0.15) is 22.8 Å². The number of nitrogens with zero attached hydrogens (tertiary/aromatic N) is 5. The van der Waals surface area contributed by atoms with Crippen LogP contribution in [0, 0.1) is 24.0 Å². The van der Waals surface area contributed by atoms with Crippen LogP contribution >= 0.6 is 0 Å². The third-order valence-corrected chi connectivity index (χ3v) is 7.22. The van der Waals surface area contributed by atoms with Crippen molar-refractivity contribution in [1.29, 1.82) is 0 Å². The fourth-order valence-corrected chi connectivity index (χ4v) is 5.29. The summed E-state index contributed by atoms with van der Waals surface area (Å²) in [5.41, 5.74) is 0.374. The van der Waals surface area contributed by atoms with E-state index in [1.807, 2.05) is 18.9 Å². The van der Waals surface area contributed by atoms with Gasteiger partial charge in [-0.05, 0) is 30.9 Å². The number of hydrogen-bond acceptors (Lipinski definition) is 6. The molecule has 0 N–H and O–H groups in total. The Morgan fingerprint density at radius 2 is 2.08 bits per heavy atom. The monoisotopic (exact) mass is 513 g/mol. The molecule has 5 rings (SSSR count). The second kappa shape index (κ2) is 9.71. The van der Waals surface area contributed by atoms with Gasteiger partial charge >= 0.3 is 6.01 Å². The number of carbonyl (C=O) groups excluding carboxylic acids is 1. The molecule has 3 heterocycles. The fraction of sp³-hybridized carbons (Fsp3) is 0.241. The Balaban J connectivity index is 1.68. The maximum absolute atomic E-state index is 16.2. The molecule has 4 aromatic rings. The zero-order chi connectivity index (χ0) is 27.1. The molecule has 1 amide bonds. The smallest absolute Gasteiger partial charge is 0.318 e. The van der Waals surface area contributed by atoms with Crippen LogP contribution in [0.25, 0.3) is 32.9 Å². The molecule has 0 saturated carbocycles. The van der Waals surface area contributed by atoms with E-state index in [0.29, 0.717) is 40.5 Å². The summed E-state index contributed by atoms with van der Waals surface area (Å²) in [7, 11) is 3.24. The first-order valence-electron chi connectivity index (χ1n) is 12.0. The Bertz CT molecular complexity index is 1650. The molecular formula is C29H25F2N5O2. The number of aromatic nitrogens is 3. The lowest BCUT2D eigenvalue weighted by molar-refractivity contribution is -0.126. The van der Waals surface area contributed by atoms with Crippen molar-refractivity contribution in [2.24, 2.45) is 0 Å². The van der Waals surface area contributed by atoms with Gasteiger partial charge in [-0.2, -0.15) is 9.97 Å². The standard InChI is InChI=1S/C29H25F2N5O2/c1-6-18-21(30)12-11-17-9-8-10-19(24(17)18)26-25(31)27-20(15-32-26)28(34-29(33-27)38-5)35(4)22-13-14-36(16(22)3)23(37)7-2/h1,7-12,15-16,22H,2,13-14H2,3-5H3. The number of amides is 1. The molecule has 2 aromatic heterocycles. The molecular weight excluding hydrogens is 488 g/mol. The second-order valence-corrected chi connectivity index (χ2v) is 9.13. The van der Waals surface area contributed by atoms with Crippen molar-refractivity contribution in [1.82, 2.24) is 19.9 Å². The van der Waals surface area contributed by atoms with E-state index in [4.69, 9.17) is 11.2 Å². The summed E-state index contributed by atoms with van der Waals surface area (Å²) in [6.45, 7) is 6.10. The average molecular weight is 514 g/mol. The molecule has 0 aliphatic carbocycles. The number of benzene rings is 2. The third-order valence-electron chi connectivity index (χ3n) is 7.22. The Kier molecular flexibility index (Phi) is 6.41. The summed E-state index contributed by atoms with van der Waals surface area (Å²) in [4.78, 5) is 29.2. The lowest BCUT2D eigenvalue weighted by Crippen LogP contribution is -2.43. The number of terminal acetylenes is 1. The van der Waals surface area contributed by atoms with Gasteiger partial charge in [0.15, 0.2) is 5.82 Å². The predicted octanol–water partition coefficient (Wildman–Crippen LogP) is 4.72. The molecule has 2 unspecified atom stereocenters. The van der Waals surface area contributed by atoms with E-state index in [9.17, 15) is 9.18 Å². The molecule has 1 aliphatic rings. The highest BCUT2D eigenvalue weighted by Gasteiger charge is 2.36. The van der Waals surface area contributed by atoms with Gasteiger partial charge in [-0.15, -0.1) is 6.42 Å². The zero-order valence-corrected chi connectivity index (χ0v) is 21.2. The van der Waals surface area contributed by atoms with Gasteiger partial charge in [-0.25, -0.2) is 8.78 Å². The number of anilines is 1. The quantitative estimate of drug-likeness (QED) is 0.284. The number of methoxy groups -OCH3 is 1. The number of likely N-dealkylation sites (N-methyl/N-ethyl adjacent to an activating group) is 1. The lowest BCUT2D eigenvalue weighted by Gasteiger charge is -2.31. The van der Waals surface area contributed by atoms with Crippen molar-refractivity contribution < 1.29 is 18.3 Å². The molecule has 1 saturated heterocycles. The first-order valence-corrected chi connectivity index (χ1v) is 12.0. The first-order chi connectivity index (χ1) is 18.3. The van der Waals surface area contributed by atoms with Crippen molar-refractivity contribution in [3.05, 3.63) is 66.4 Å². The maximum Gasteiger partial charge on any atom is 0.318 e. The topological polar surface area (TPSA) is 71.5 Å². The number of ether oxygens (including phenoxy) is 1. The minimum Gasteiger partial charge on any atom is -0.467 e. The van der Waals surface area contributed by atoms with Gasteiger partial charge in [0.05, 0.1) is 24.1 Å². The fourth-order valence-electron chi connectivity index (χ4n) is 5.29. The van der Waals surface area contributed by atoms with Crippen LogP contribution in [-0.4, -0.2) is 58.5 Å². The average Bonchev–Trinajstić information content (AvgIpc) is 3.32. The van der Waals surface area contributed by atoms with E-state index < -0.39 is 11.6 Å². The summed E-state index contributed by atoms with van der Waals surface area (Å²) >= 11 is 0. The molecule has 0 radical (unpaired) electrons. The number of rotatable bonds is 5. The SMILES string of the molecule is C#Cc1c(F)ccc2cccc(-c3ncc4c(N(C)C5CCN(C(=O)C=C)C5C)nc(OC)nc4c3F)c12. The number of likely N-dealkylation sites (tertiary alicyclic amines) is 1. The molecule has 192 valence electrons. The van der Waals surface area contributed by atoms with Crippen molar-refractivity contribution >= 4 is 33.4 Å². The second-order valence-electron chi connectivity index (χ2n) is 9.13. The van der Waals surface area contributed by atoms with Crippen LogP contribution in [0.2, 0.25) is 0 Å². The van der Waals surface area contributed by atoms with Gasteiger partial charge in [0, 0.05) is 36.8 Å². The van der Waals surface area contributed by atoms with Crippen LogP contribution < -0.4 is 9.64 Å². The van der Waals surface area contributed by atoms with Crippen molar-refractivity contribution in [2.75, 3.05) is 25.6 Å². The van der Waals surface area contributed by atoms with E-state index in [2.05, 4.69) is 27.5 Å². The van der Waals surface area contributed by atoms with Crippen molar-refractivity contribution in [3.8, 4) is 29.6 Å². The van der Waals surface area contributed by atoms with E-state index >= 15 is 4.39 Å². The minimum absolute atomic E-state index is 0.00374. The Hall–Kier alpha value is -4.58. The van der Waals surface area contributed by atoms with Crippen molar-refractivity contribution in [2.45, 2.75) is 25.4 Å². The highest BCUT2D eigenvalue weighted by Crippen LogP contribution is 2.37. The summed E-state index contributed by atoms with van der Waals surface area (Å²) in [5, 5.41) is 1.43. The van der Waals surface area contributed by atoms with E-state index in [-0.39, 0.29) is 40.8 Å². The minimum atomic E-state index is -0.708. The zero-order valence-electron chi connectivity index (χ0n) is 21.2. The van der Waals surface area contributed by atoms with Crippen LogP contribution in [0.5, 0.6) is 6.01 Å². The van der Waals surface area contributed by atoms with E-state index in [1.165, 1.54) is 25.4 Å². The highest BCUT2D eigenvalue weighted by molar-refractivity contribution is 6.02. The van der Waals surface area contributed by atoms with E-state index in [1.54, 1.807) is 29.2 Å². The molecule has 0 bridgehead atoms. The summed E-state index contributed by atoms with van der Waals surface area (Å²) in [5.74, 6) is 1.38. The number of pyridine rings is 1. The van der Waals surface area contributed by atoms with Crippen molar-refractivity contribution in [3.63, 3.8) is 0 Å². The lowest BCUT2D eigenvalue weighted by atomic mass is 9.96. The normalized spacial score (nSPS) is 17.0. The number of halogens is 2. The van der Waals surface area contributed by atoms with Gasteiger partial charge < -0.3 is 14.5 Å². The Morgan fingerprint density at radius 3 is 2.79 bits per heavy atom. The molecule has 2 atom stereocenters. The van der Waals surface area contributed by atoms with Crippen LogP contribution in [0.4, 0.5) is 14.6 Å². The molecule has 7 nitrogen and oxygen atoms in total. The van der Waals surface area contributed by atoms with Crippen LogP contribution in [0.3, 0.4) is 0 Å². The molecule has 0 spiro atoms. The molecule has 1 aliphatic heterocycles. The van der Waals surface area contributed by atoms with Crippen LogP contribution in [0.15, 0.2) is 49.2 Å². The predicted molar refractivity (Wildman–Crippen MR) is 143 cm³/mol. The molecule has 1 fully saturated rings. The Labute approximate surface area is 218 Å².